The van der Waals surface area contributed by atoms with Gasteiger partial charge < -0.3 is 14.6 Å². The third kappa shape index (κ3) is 3.38. The summed E-state index contributed by atoms with van der Waals surface area (Å²) < 4.78 is 2.21. The Morgan fingerprint density at radius 1 is 1.33 bits per heavy atom. The molecule has 0 spiro atoms. The van der Waals surface area contributed by atoms with Crippen molar-refractivity contribution in [3.63, 3.8) is 0 Å². The predicted molar refractivity (Wildman–Crippen MR) is 87.8 cm³/mol. The summed E-state index contributed by atoms with van der Waals surface area (Å²) in [6, 6.07) is 6.91. The van der Waals surface area contributed by atoms with E-state index in [1.807, 2.05) is 6.07 Å². The highest BCUT2D eigenvalue weighted by Crippen LogP contribution is 2.26. The lowest BCUT2D eigenvalue weighted by molar-refractivity contribution is 0.417. The molecule has 21 heavy (non-hydrogen) atoms. The van der Waals surface area contributed by atoms with Crippen LogP contribution in [0.4, 0.5) is 5.82 Å². The number of anilines is 1. The molecular weight excluding hydrogens is 260 g/mol. The molecule has 4 heteroatoms. The van der Waals surface area contributed by atoms with E-state index in [1.165, 1.54) is 18.5 Å². The topological polar surface area (TPSA) is 32.6 Å². The van der Waals surface area contributed by atoms with E-state index < -0.39 is 0 Å². The molecule has 0 aliphatic heterocycles. The van der Waals surface area contributed by atoms with Crippen LogP contribution in [0, 0.1) is 5.41 Å². The van der Waals surface area contributed by atoms with Crippen LogP contribution in [-0.2, 0) is 6.54 Å². The van der Waals surface area contributed by atoms with Crippen molar-refractivity contribution in [3.8, 4) is 0 Å². The van der Waals surface area contributed by atoms with Crippen molar-refractivity contribution in [1.82, 2.24) is 14.7 Å². The molecule has 2 aromatic heterocycles. The van der Waals surface area contributed by atoms with Gasteiger partial charge in [-0.05, 0) is 30.4 Å². The standard InChI is InChI=1S/C17H26N4/c1-17(2,3)12-20(4)16-14(11-18-13-8-9-13)21-10-6-5-7-15(21)19-16/h5-7,10,13,18H,8-9,11-12H2,1-4H3. The van der Waals surface area contributed by atoms with Crippen LogP contribution in [-0.4, -0.2) is 29.0 Å². The molecule has 1 aliphatic rings. The van der Waals surface area contributed by atoms with Crippen LogP contribution in [0.25, 0.3) is 5.65 Å². The predicted octanol–water partition coefficient (Wildman–Crippen LogP) is 3.07. The monoisotopic (exact) mass is 286 g/mol. The summed E-state index contributed by atoms with van der Waals surface area (Å²) in [5, 5.41) is 3.62. The number of fused-ring (bicyclic) bond motifs is 1. The van der Waals surface area contributed by atoms with Gasteiger partial charge in [-0.15, -0.1) is 0 Å². The van der Waals surface area contributed by atoms with Crippen LogP contribution in [0.1, 0.15) is 39.3 Å². The quantitative estimate of drug-likeness (QED) is 0.917. The normalized spacial score (nSPS) is 15.6. The van der Waals surface area contributed by atoms with Gasteiger partial charge in [0, 0.05) is 32.4 Å². The van der Waals surface area contributed by atoms with Gasteiger partial charge in [-0.25, -0.2) is 4.98 Å². The largest absolute Gasteiger partial charge is 0.358 e. The summed E-state index contributed by atoms with van der Waals surface area (Å²) in [7, 11) is 2.15. The molecule has 0 saturated heterocycles. The zero-order valence-corrected chi connectivity index (χ0v) is 13.6. The van der Waals surface area contributed by atoms with E-state index in [9.17, 15) is 0 Å². The van der Waals surface area contributed by atoms with Crippen molar-refractivity contribution in [1.29, 1.82) is 0 Å². The molecule has 4 nitrogen and oxygen atoms in total. The zero-order valence-electron chi connectivity index (χ0n) is 13.6. The average Bonchev–Trinajstić information content (AvgIpc) is 3.14. The molecular formula is C17H26N4. The van der Waals surface area contributed by atoms with Crippen LogP contribution in [0.2, 0.25) is 0 Å². The van der Waals surface area contributed by atoms with Crippen molar-refractivity contribution in [2.24, 2.45) is 5.41 Å². The van der Waals surface area contributed by atoms with Crippen molar-refractivity contribution in [3.05, 3.63) is 30.1 Å². The maximum Gasteiger partial charge on any atom is 0.152 e. The third-order valence-corrected chi connectivity index (χ3v) is 3.82. The Balaban J connectivity index is 1.92. The maximum absolute atomic E-state index is 4.84. The average molecular weight is 286 g/mol. The van der Waals surface area contributed by atoms with Crippen LogP contribution in [0.5, 0.6) is 0 Å². The molecule has 0 unspecified atom stereocenters. The number of hydrogen-bond donors (Lipinski definition) is 1. The highest BCUT2D eigenvalue weighted by molar-refractivity contribution is 5.55. The van der Waals surface area contributed by atoms with Gasteiger partial charge in [0.1, 0.15) is 5.65 Å². The minimum absolute atomic E-state index is 0.256. The minimum Gasteiger partial charge on any atom is -0.358 e. The number of rotatable bonds is 5. The lowest BCUT2D eigenvalue weighted by Crippen LogP contribution is -2.30. The zero-order chi connectivity index (χ0) is 15.0. The second-order valence-corrected chi connectivity index (χ2v) is 7.38. The van der Waals surface area contributed by atoms with E-state index in [1.54, 1.807) is 0 Å². The molecule has 114 valence electrons. The molecule has 0 amide bonds. The van der Waals surface area contributed by atoms with Gasteiger partial charge in [0.15, 0.2) is 5.82 Å². The van der Waals surface area contributed by atoms with Crippen LogP contribution < -0.4 is 10.2 Å². The number of aromatic nitrogens is 2. The molecule has 0 radical (unpaired) electrons. The second kappa shape index (κ2) is 5.34. The van der Waals surface area contributed by atoms with Crippen molar-refractivity contribution in [2.45, 2.75) is 46.2 Å². The van der Waals surface area contributed by atoms with Gasteiger partial charge in [0.05, 0.1) is 5.69 Å². The number of hydrogen-bond acceptors (Lipinski definition) is 3. The first-order valence-electron chi connectivity index (χ1n) is 7.84. The minimum atomic E-state index is 0.256. The number of nitrogens with one attached hydrogen (secondary N) is 1. The molecule has 2 heterocycles. The van der Waals surface area contributed by atoms with E-state index >= 15 is 0 Å². The molecule has 1 aliphatic carbocycles. The molecule has 3 rings (SSSR count). The maximum atomic E-state index is 4.84. The molecule has 0 aromatic carbocycles. The summed E-state index contributed by atoms with van der Waals surface area (Å²) in [6.07, 6.45) is 4.73. The molecule has 1 fully saturated rings. The van der Waals surface area contributed by atoms with Crippen LogP contribution >= 0.6 is 0 Å². The lowest BCUT2D eigenvalue weighted by Gasteiger charge is -2.27. The van der Waals surface area contributed by atoms with Gasteiger partial charge >= 0.3 is 0 Å². The summed E-state index contributed by atoms with van der Waals surface area (Å²) in [5.41, 5.74) is 2.55. The number of pyridine rings is 1. The summed E-state index contributed by atoms with van der Waals surface area (Å²) in [4.78, 5) is 7.13. The molecule has 2 aromatic rings. The fourth-order valence-corrected chi connectivity index (χ4v) is 2.82. The van der Waals surface area contributed by atoms with Gasteiger partial charge in [-0.1, -0.05) is 26.8 Å². The van der Waals surface area contributed by atoms with E-state index in [0.717, 1.165) is 24.6 Å². The van der Waals surface area contributed by atoms with E-state index in [-0.39, 0.29) is 5.41 Å². The SMILES string of the molecule is CN(CC(C)(C)C)c1nc2ccccn2c1CNC1CC1. The first-order valence-corrected chi connectivity index (χ1v) is 7.84. The van der Waals surface area contributed by atoms with Crippen LogP contribution in [0.3, 0.4) is 0 Å². The van der Waals surface area contributed by atoms with E-state index in [4.69, 9.17) is 4.98 Å². The Labute approximate surface area is 127 Å². The Morgan fingerprint density at radius 3 is 2.76 bits per heavy atom. The third-order valence-electron chi connectivity index (χ3n) is 3.82. The first kappa shape index (κ1) is 14.4. The van der Waals surface area contributed by atoms with E-state index in [2.05, 4.69) is 60.8 Å². The smallest absolute Gasteiger partial charge is 0.152 e. The highest BCUT2D eigenvalue weighted by atomic mass is 15.2. The summed E-state index contributed by atoms with van der Waals surface area (Å²) in [6.45, 7) is 8.68. The lowest BCUT2D eigenvalue weighted by atomic mass is 9.96. The van der Waals surface area contributed by atoms with Crippen molar-refractivity contribution in [2.75, 3.05) is 18.5 Å². The summed E-state index contributed by atoms with van der Waals surface area (Å²) >= 11 is 0. The fraction of sp³-hybridized carbons (Fsp3) is 0.588. The second-order valence-electron chi connectivity index (χ2n) is 7.38. The molecule has 1 N–H and O–H groups in total. The van der Waals surface area contributed by atoms with Gasteiger partial charge in [-0.2, -0.15) is 0 Å². The number of imidazole rings is 1. The van der Waals surface area contributed by atoms with Gasteiger partial charge in [0.25, 0.3) is 0 Å². The molecule has 1 saturated carbocycles. The Kier molecular flexibility index (Phi) is 3.66. The first-order chi connectivity index (χ1) is 9.94. The van der Waals surface area contributed by atoms with Crippen molar-refractivity contribution >= 4 is 11.5 Å². The number of nitrogens with zero attached hydrogens (tertiary/aromatic N) is 3. The van der Waals surface area contributed by atoms with E-state index in [0.29, 0.717) is 6.04 Å². The Bertz CT molecular complexity index is 619. The van der Waals surface area contributed by atoms with Gasteiger partial charge in [-0.3, -0.25) is 0 Å². The molecule has 0 bridgehead atoms. The highest BCUT2D eigenvalue weighted by Gasteiger charge is 2.24. The van der Waals surface area contributed by atoms with Crippen molar-refractivity contribution < 1.29 is 0 Å². The fourth-order valence-electron chi connectivity index (χ4n) is 2.82. The van der Waals surface area contributed by atoms with Gasteiger partial charge in [0.2, 0.25) is 0 Å². The van der Waals surface area contributed by atoms with Crippen LogP contribution in [0.15, 0.2) is 24.4 Å². The summed E-state index contributed by atoms with van der Waals surface area (Å²) in [5.74, 6) is 1.10. The molecule has 0 atom stereocenters. The Hall–Kier alpha value is -1.55. The Morgan fingerprint density at radius 2 is 2.10 bits per heavy atom.